The van der Waals surface area contributed by atoms with Gasteiger partial charge in [0.05, 0.1) is 10.0 Å². The quantitative estimate of drug-likeness (QED) is 0.807. The number of benzene rings is 1. The number of hydrogen-bond acceptors (Lipinski definition) is 3. The number of nitrogens with zero attached hydrogens (tertiary/aromatic N) is 2. The third-order valence-electron chi connectivity index (χ3n) is 2.25. The number of anilines is 2. The van der Waals surface area contributed by atoms with Crippen molar-refractivity contribution >= 4 is 50.6 Å². The van der Waals surface area contributed by atoms with Crippen molar-refractivity contribution in [2.24, 2.45) is 0 Å². The second-order valence-electron chi connectivity index (χ2n) is 3.60. The van der Waals surface area contributed by atoms with Gasteiger partial charge in [-0.3, -0.25) is 0 Å². The number of hydrogen-bond donors (Lipinski definition) is 1. The first-order chi connectivity index (χ1) is 8.58. The first-order valence-electron chi connectivity index (χ1n) is 5.34. The van der Waals surface area contributed by atoms with Gasteiger partial charge in [-0.25, -0.2) is 9.97 Å². The number of rotatable bonds is 3. The van der Waals surface area contributed by atoms with Crippen LogP contribution in [-0.4, -0.2) is 9.97 Å². The summed E-state index contributed by atoms with van der Waals surface area (Å²) in [6, 6.07) is 7.15. The molecule has 0 aliphatic heterocycles. The van der Waals surface area contributed by atoms with Gasteiger partial charge in [-0.2, -0.15) is 0 Å². The second kappa shape index (κ2) is 5.87. The monoisotopic (exact) mass is 345 g/mol. The molecule has 2 rings (SSSR count). The molecule has 0 unspecified atom stereocenters. The molecule has 94 valence electrons. The van der Waals surface area contributed by atoms with Crippen molar-refractivity contribution in [1.82, 2.24) is 9.97 Å². The molecular formula is C12H10BrCl2N3. The molecule has 0 radical (unpaired) electrons. The lowest BCUT2D eigenvalue weighted by molar-refractivity contribution is 0.931. The van der Waals surface area contributed by atoms with Crippen LogP contribution in [0.25, 0.3) is 0 Å². The Hall–Kier alpha value is -0.840. The van der Waals surface area contributed by atoms with Gasteiger partial charge in [-0.1, -0.05) is 30.1 Å². The van der Waals surface area contributed by atoms with E-state index in [-0.39, 0.29) is 0 Å². The molecule has 0 bridgehead atoms. The summed E-state index contributed by atoms with van der Waals surface area (Å²) in [5, 5.41) is 4.20. The topological polar surface area (TPSA) is 37.8 Å². The van der Waals surface area contributed by atoms with Gasteiger partial charge in [-0.05, 0) is 34.1 Å². The van der Waals surface area contributed by atoms with Crippen molar-refractivity contribution in [3.05, 3.63) is 44.7 Å². The zero-order valence-corrected chi connectivity index (χ0v) is 12.6. The zero-order chi connectivity index (χ0) is 13.1. The minimum absolute atomic E-state index is 0.505. The van der Waals surface area contributed by atoms with Gasteiger partial charge in [0.15, 0.2) is 0 Å². The van der Waals surface area contributed by atoms with Gasteiger partial charge < -0.3 is 5.32 Å². The minimum Gasteiger partial charge on any atom is -0.340 e. The normalized spacial score (nSPS) is 10.4. The van der Waals surface area contributed by atoms with Crippen LogP contribution in [0, 0.1) is 0 Å². The van der Waals surface area contributed by atoms with Crippen LogP contribution < -0.4 is 5.32 Å². The molecule has 0 saturated carbocycles. The lowest BCUT2D eigenvalue weighted by Crippen LogP contribution is -1.99. The fraction of sp³-hybridized carbons (Fsp3) is 0.167. The Balaban J connectivity index is 2.27. The van der Waals surface area contributed by atoms with E-state index in [4.69, 9.17) is 23.2 Å². The Morgan fingerprint density at radius 1 is 1.17 bits per heavy atom. The maximum Gasteiger partial charge on any atom is 0.135 e. The van der Waals surface area contributed by atoms with Crippen molar-refractivity contribution in [3.8, 4) is 0 Å². The largest absolute Gasteiger partial charge is 0.340 e. The van der Waals surface area contributed by atoms with Crippen LogP contribution in [0.1, 0.15) is 12.7 Å². The summed E-state index contributed by atoms with van der Waals surface area (Å²) in [6.45, 7) is 2.00. The number of aromatic nitrogens is 2. The van der Waals surface area contributed by atoms with Crippen LogP contribution in [0.2, 0.25) is 10.0 Å². The predicted octanol–water partition coefficient (Wildman–Crippen LogP) is 4.85. The molecule has 18 heavy (non-hydrogen) atoms. The maximum atomic E-state index is 5.96. The van der Waals surface area contributed by atoms with E-state index < -0.39 is 0 Å². The van der Waals surface area contributed by atoms with Gasteiger partial charge >= 0.3 is 0 Å². The number of nitrogens with one attached hydrogen (secondary N) is 1. The molecule has 1 aromatic heterocycles. The Labute approximate surface area is 124 Å². The SMILES string of the molecule is CCc1nc(Br)cc(Nc2ccc(Cl)c(Cl)c2)n1. The van der Waals surface area contributed by atoms with E-state index in [2.05, 4.69) is 31.2 Å². The average Bonchev–Trinajstić information content (AvgIpc) is 2.33. The predicted molar refractivity (Wildman–Crippen MR) is 78.9 cm³/mol. The van der Waals surface area contributed by atoms with E-state index in [1.807, 2.05) is 19.1 Å². The van der Waals surface area contributed by atoms with Crippen molar-refractivity contribution in [3.63, 3.8) is 0 Å². The summed E-state index contributed by atoms with van der Waals surface area (Å²) in [5.74, 6) is 1.49. The van der Waals surface area contributed by atoms with Gasteiger partial charge in [0.1, 0.15) is 16.2 Å². The van der Waals surface area contributed by atoms with Crippen molar-refractivity contribution in [2.75, 3.05) is 5.32 Å². The molecule has 0 aliphatic carbocycles. The highest BCUT2D eigenvalue weighted by Crippen LogP contribution is 2.27. The van der Waals surface area contributed by atoms with Crippen LogP contribution >= 0.6 is 39.1 Å². The third-order valence-corrected chi connectivity index (χ3v) is 3.39. The molecule has 1 heterocycles. The molecule has 0 aliphatic rings. The molecule has 6 heteroatoms. The van der Waals surface area contributed by atoms with Crippen LogP contribution in [-0.2, 0) is 6.42 Å². The minimum atomic E-state index is 0.505. The lowest BCUT2D eigenvalue weighted by atomic mass is 10.3. The summed E-state index contributed by atoms with van der Waals surface area (Å²) in [6.07, 6.45) is 0.773. The summed E-state index contributed by atoms with van der Waals surface area (Å²) < 4.78 is 0.747. The molecular weight excluding hydrogens is 337 g/mol. The van der Waals surface area contributed by atoms with Crippen LogP contribution in [0.5, 0.6) is 0 Å². The highest BCUT2D eigenvalue weighted by Gasteiger charge is 2.04. The molecule has 2 aromatic rings. The summed E-state index contributed by atoms with van der Waals surface area (Å²) in [4.78, 5) is 8.62. The molecule has 0 fully saturated rings. The van der Waals surface area contributed by atoms with Crippen molar-refractivity contribution < 1.29 is 0 Å². The van der Waals surface area contributed by atoms with Gasteiger partial charge in [0.2, 0.25) is 0 Å². The van der Waals surface area contributed by atoms with Crippen molar-refractivity contribution in [1.29, 1.82) is 0 Å². The lowest BCUT2D eigenvalue weighted by Gasteiger charge is -2.08. The molecule has 0 spiro atoms. The fourth-order valence-corrected chi connectivity index (χ4v) is 2.13. The second-order valence-corrected chi connectivity index (χ2v) is 5.23. The Morgan fingerprint density at radius 3 is 2.61 bits per heavy atom. The molecule has 0 atom stereocenters. The average molecular weight is 347 g/mol. The fourth-order valence-electron chi connectivity index (χ4n) is 1.41. The highest BCUT2D eigenvalue weighted by molar-refractivity contribution is 9.10. The molecule has 1 N–H and O–H groups in total. The van der Waals surface area contributed by atoms with E-state index >= 15 is 0 Å². The Kier molecular flexibility index (Phi) is 4.43. The van der Waals surface area contributed by atoms with Gasteiger partial charge in [-0.15, -0.1) is 0 Å². The van der Waals surface area contributed by atoms with Crippen LogP contribution in [0.3, 0.4) is 0 Å². The summed E-state index contributed by atoms with van der Waals surface area (Å²) >= 11 is 15.2. The summed E-state index contributed by atoms with van der Waals surface area (Å²) in [5.41, 5.74) is 0.831. The Morgan fingerprint density at radius 2 is 1.94 bits per heavy atom. The van der Waals surface area contributed by atoms with E-state index in [1.54, 1.807) is 12.1 Å². The van der Waals surface area contributed by atoms with E-state index in [0.717, 1.165) is 22.5 Å². The van der Waals surface area contributed by atoms with E-state index in [1.165, 1.54) is 0 Å². The van der Waals surface area contributed by atoms with Crippen LogP contribution in [0.15, 0.2) is 28.9 Å². The van der Waals surface area contributed by atoms with Crippen molar-refractivity contribution in [2.45, 2.75) is 13.3 Å². The standard InChI is InChI=1S/C12H10BrCl2N3/c1-2-11-17-10(13)6-12(18-11)16-7-3-4-8(14)9(15)5-7/h3-6H,2H2,1H3,(H,16,17,18). The first kappa shape index (κ1) is 13.6. The third kappa shape index (κ3) is 3.34. The van der Waals surface area contributed by atoms with Crippen LogP contribution in [0.4, 0.5) is 11.5 Å². The van der Waals surface area contributed by atoms with E-state index in [9.17, 15) is 0 Å². The molecule has 0 amide bonds. The maximum absolute atomic E-state index is 5.96. The zero-order valence-electron chi connectivity index (χ0n) is 9.54. The Bertz CT molecular complexity index is 575. The molecule has 0 saturated heterocycles. The smallest absolute Gasteiger partial charge is 0.135 e. The number of halogens is 3. The van der Waals surface area contributed by atoms with Gasteiger partial charge in [0, 0.05) is 18.2 Å². The first-order valence-corrected chi connectivity index (χ1v) is 6.89. The molecule has 1 aromatic carbocycles. The highest BCUT2D eigenvalue weighted by atomic mass is 79.9. The number of aryl methyl sites for hydroxylation is 1. The summed E-state index contributed by atoms with van der Waals surface area (Å²) in [7, 11) is 0. The molecule has 3 nitrogen and oxygen atoms in total. The van der Waals surface area contributed by atoms with E-state index in [0.29, 0.717) is 15.9 Å². The van der Waals surface area contributed by atoms with Gasteiger partial charge in [0.25, 0.3) is 0 Å².